The Balaban J connectivity index is 1.96. The maximum atomic E-state index is 10.7. The minimum absolute atomic E-state index is 0.186. The Hall–Kier alpha value is -1.77. The topological polar surface area (TPSA) is 50.4 Å². The summed E-state index contributed by atoms with van der Waals surface area (Å²) in [5.41, 5.74) is 1.96. The van der Waals surface area contributed by atoms with Crippen molar-refractivity contribution in [3.63, 3.8) is 0 Å². The third-order valence-electron chi connectivity index (χ3n) is 3.01. The average molecular weight is 202 g/mol. The van der Waals surface area contributed by atoms with Gasteiger partial charge >= 0.3 is 5.97 Å². The van der Waals surface area contributed by atoms with Gasteiger partial charge in [0.2, 0.25) is 0 Å². The summed E-state index contributed by atoms with van der Waals surface area (Å²) in [6.45, 7) is 0. The average Bonchev–Trinajstić information content (AvgIpc) is 2.89. The zero-order chi connectivity index (χ0) is 10.4. The summed E-state index contributed by atoms with van der Waals surface area (Å²) in [6, 6.07) is 7.78. The van der Waals surface area contributed by atoms with E-state index in [1.165, 1.54) is 0 Å². The molecule has 1 saturated carbocycles. The Morgan fingerprint density at radius 3 is 3.00 bits per heavy atom. The van der Waals surface area contributed by atoms with Crippen molar-refractivity contribution < 1.29 is 14.3 Å². The number of aliphatic carboxylic acids is 1. The first-order valence-corrected chi connectivity index (χ1v) is 4.95. The standard InChI is InChI=1S/C12H10O3/c13-12(14)10-6-9(10)7-1-2-11-8(5-7)3-4-15-11/h1-5,9-10H,6H2,(H,13,14)/t9-,10+/m0/s1. The fraction of sp³-hybridized carbons (Fsp3) is 0.250. The molecule has 3 heteroatoms. The molecule has 0 unspecified atom stereocenters. The lowest BCUT2D eigenvalue weighted by Gasteiger charge is -1.97. The van der Waals surface area contributed by atoms with E-state index in [2.05, 4.69) is 0 Å². The molecular formula is C12H10O3. The van der Waals surface area contributed by atoms with E-state index in [4.69, 9.17) is 9.52 Å². The van der Waals surface area contributed by atoms with Crippen LogP contribution in [0.5, 0.6) is 0 Å². The van der Waals surface area contributed by atoms with Crippen LogP contribution < -0.4 is 0 Å². The Kier molecular flexibility index (Phi) is 1.63. The van der Waals surface area contributed by atoms with E-state index in [0.29, 0.717) is 0 Å². The SMILES string of the molecule is O=C(O)[C@@H]1C[C@H]1c1ccc2occc2c1. The summed E-state index contributed by atoms with van der Waals surface area (Å²) < 4.78 is 5.23. The highest BCUT2D eigenvalue weighted by atomic mass is 16.4. The Bertz CT molecular complexity index is 526. The Morgan fingerprint density at radius 2 is 2.27 bits per heavy atom. The quantitative estimate of drug-likeness (QED) is 0.814. The maximum absolute atomic E-state index is 10.7. The molecule has 3 nitrogen and oxygen atoms in total. The molecule has 1 aliphatic rings. The summed E-state index contributed by atoms with van der Waals surface area (Å²) in [4.78, 5) is 10.7. The molecule has 0 bridgehead atoms. The van der Waals surface area contributed by atoms with Crippen molar-refractivity contribution in [3.05, 3.63) is 36.1 Å². The van der Waals surface area contributed by atoms with Gasteiger partial charge in [0.25, 0.3) is 0 Å². The van der Waals surface area contributed by atoms with Crippen LogP contribution in [0.15, 0.2) is 34.9 Å². The van der Waals surface area contributed by atoms with Crippen molar-refractivity contribution in [3.8, 4) is 0 Å². The van der Waals surface area contributed by atoms with Gasteiger partial charge in [-0.3, -0.25) is 4.79 Å². The second-order valence-corrected chi connectivity index (χ2v) is 4.00. The fourth-order valence-electron chi connectivity index (χ4n) is 2.05. The number of fused-ring (bicyclic) bond motifs is 1. The van der Waals surface area contributed by atoms with Crippen molar-refractivity contribution in [2.45, 2.75) is 12.3 Å². The maximum Gasteiger partial charge on any atom is 0.307 e. The molecule has 2 aromatic rings. The molecule has 1 heterocycles. The van der Waals surface area contributed by atoms with Crippen LogP contribution in [-0.4, -0.2) is 11.1 Å². The van der Waals surface area contributed by atoms with Crippen molar-refractivity contribution in [2.75, 3.05) is 0 Å². The molecular weight excluding hydrogens is 192 g/mol. The molecule has 1 aromatic heterocycles. The number of carboxylic acid groups (broad SMARTS) is 1. The monoisotopic (exact) mass is 202 g/mol. The number of furan rings is 1. The normalized spacial score (nSPS) is 24.3. The van der Waals surface area contributed by atoms with E-state index in [9.17, 15) is 4.79 Å². The fourth-order valence-corrected chi connectivity index (χ4v) is 2.05. The molecule has 1 N–H and O–H groups in total. The van der Waals surface area contributed by atoms with Gasteiger partial charge in [0.15, 0.2) is 0 Å². The lowest BCUT2D eigenvalue weighted by Crippen LogP contribution is -1.98. The van der Waals surface area contributed by atoms with Crippen LogP contribution in [0.2, 0.25) is 0 Å². The molecule has 0 aliphatic heterocycles. The predicted octanol–water partition coefficient (Wildman–Crippen LogP) is 2.62. The van der Waals surface area contributed by atoms with Crippen molar-refractivity contribution in [1.82, 2.24) is 0 Å². The third-order valence-corrected chi connectivity index (χ3v) is 3.01. The van der Waals surface area contributed by atoms with Crippen LogP contribution in [0.4, 0.5) is 0 Å². The number of rotatable bonds is 2. The molecule has 3 rings (SSSR count). The second-order valence-electron chi connectivity index (χ2n) is 4.00. The molecule has 15 heavy (non-hydrogen) atoms. The summed E-state index contributed by atoms with van der Waals surface area (Å²) in [7, 11) is 0. The van der Waals surface area contributed by atoms with E-state index in [0.717, 1.165) is 23.0 Å². The molecule has 1 aromatic carbocycles. The van der Waals surface area contributed by atoms with Gasteiger partial charge in [-0.2, -0.15) is 0 Å². The Labute approximate surface area is 86.3 Å². The van der Waals surface area contributed by atoms with Crippen molar-refractivity contribution >= 4 is 16.9 Å². The van der Waals surface area contributed by atoms with Crippen LogP contribution >= 0.6 is 0 Å². The first-order chi connectivity index (χ1) is 7.25. The van der Waals surface area contributed by atoms with E-state index >= 15 is 0 Å². The second kappa shape index (κ2) is 2.86. The summed E-state index contributed by atoms with van der Waals surface area (Å²) in [5, 5.41) is 9.88. The smallest absolute Gasteiger partial charge is 0.307 e. The third kappa shape index (κ3) is 1.31. The lowest BCUT2D eigenvalue weighted by atomic mass is 10.1. The van der Waals surface area contributed by atoms with E-state index < -0.39 is 5.97 Å². The van der Waals surface area contributed by atoms with Gasteiger partial charge in [-0.05, 0) is 36.1 Å². The van der Waals surface area contributed by atoms with Gasteiger partial charge in [-0.1, -0.05) is 6.07 Å². The molecule has 0 radical (unpaired) electrons. The van der Waals surface area contributed by atoms with Crippen molar-refractivity contribution in [2.24, 2.45) is 5.92 Å². The first kappa shape index (κ1) is 8.53. The zero-order valence-corrected chi connectivity index (χ0v) is 8.01. The summed E-state index contributed by atoms with van der Waals surface area (Å²) in [5.74, 6) is -0.677. The highest BCUT2D eigenvalue weighted by Crippen LogP contribution is 2.48. The van der Waals surface area contributed by atoms with Crippen LogP contribution in [-0.2, 0) is 4.79 Å². The molecule has 76 valence electrons. The number of carboxylic acids is 1. The molecule has 2 atom stereocenters. The molecule has 1 aliphatic carbocycles. The molecule has 0 saturated heterocycles. The van der Waals surface area contributed by atoms with Gasteiger partial charge in [-0.15, -0.1) is 0 Å². The predicted molar refractivity (Wildman–Crippen MR) is 54.7 cm³/mol. The van der Waals surface area contributed by atoms with Gasteiger partial charge in [-0.25, -0.2) is 0 Å². The largest absolute Gasteiger partial charge is 0.481 e. The van der Waals surface area contributed by atoms with Gasteiger partial charge < -0.3 is 9.52 Å². The van der Waals surface area contributed by atoms with Gasteiger partial charge in [0.1, 0.15) is 5.58 Å². The van der Waals surface area contributed by atoms with Gasteiger partial charge in [0.05, 0.1) is 12.2 Å². The van der Waals surface area contributed by atoms with E-state index in [1.54, 1.807) is 6.26 Å². The highest BCUT2D eigenvalue weighted by Gasteiger charge is 2.44. The van der Waals surface area contributed by atoms with E-state index in [1.807, 2.05) is 24.3 Å². The number of carbonyl (C=O) groups is 1. The van der Waals surface area contributed by atoms with Crippen LogP contribution in [0.25, 0.3) is 11.0 Å². The zero-order valence-electron chi connectivity index (χ0n) is 8.01. The summed E-state index contributed by atoms with van der Waals surface area (Å²) in [6.07, 6.45) is 2.41. The van der Waals surface area contributed by atoms with Crippen LogP contribution in [0.3, 0.4) is 0 Å². The Morgan fingerprint density at radius 1 is 1.40 bits per heavy atom. The van der Waals surface area contributed by atoms with Gasteiger partial charge in [0, 0.05) is 5.39 Å². The number of benzene rings is 1. The minimum Gasteiger partial charge on any atom is -0.481 e. The minimum atomic E-state index is -0.688. The molecule has 0 spiro atoms. The summed E-state index contributed by atoms with van der Waals surface area (Å²) >= 11 is 0. The number of hydrogen-bond donors (Lipinski definition) is 1. The molecule has 0 amide bonds. The highest BCUT2D eigenvalue weighted by molar-refractivity contribution is 5.80. The van der Waals surface area contributed by atoms with Crippen LogP contribution in [0.1, 0.15) is 17.9 Å². The lowest BCUT2D eigenvalue weighted by molar-refractivity contribution is -0.138. The first-order valence-electron chi connectivity index (χ1n) is 4.95. The van der Waals surface area contributed by atoms with Crippen LogP contribution in [0, 0.1) is 5.92 Å². The van der Waals surface area contributed by atoms with E-state index in [-0.39, 0.29) is 11.8 Å². The molecule has 1 fully saturated rings. The number of hydrogen-bond acceptors (Lipinski definition) is 2. The van der Waals surface area contributed by atoms with Crippen molar-refractivity contribution in [1.29, 1.82) is 0 Å².